The van der Waals surface area contributed by atoms with Crippen molar-refractivity contribution in [3.05, 3.63) is 17.0 Å². The quantitative estimate of drug-likeness (QED) is 0.794. The fraction of sp³-hybridized carbons (Fsp3) is 0.545. The highest BCUT2D eigenvalue weighted by Crippen LogP contribution is 2.38. The van der Waals surface area contributed by atoms with E-state index in [2.05, 4.69) is 0 Å². The van der Waals surface area contributed by atoms with Crippen molar-refractivity contribution in [2.45, 2.75) is 36.5 Å². The number of carbonyl (C=O) groups is 1. The van der Waals surface area contributed by atoms with Gasteiger partial charge < -0.3 is 4.74 Å². The molecule has 1 atom stereocenters. The summed E-state index contributed by atoms with van der Waals surface area (Å²) in [6, 6.07) is 1.74. The van der Waals surface area contributed by atoms with Crippen LogP contribution in [0.3, 0.4) is 0 Å². The van der Waals surface area contributed by atoms with E-state index in [0.717, 1.165) is 6.42 Å². The first-order valence-electron chi connectivity index (χ1n) is 5.54. The summed E-state index contributed by atoms with van der Waals surface area (Å²) in [6.07, 6.45) is 1.09. The van der Waals surface area contributed by atoms with Crippen molar-refractivity contribution in [1.82, 2.24) is 0 Å². The van der Waals surface area contributed by atoms with Crippen LogP contribution in [-0.2, 0) is 19.4 Å². The van der Waals surface area contributed by atoms with Gasteiger partial charge in [0.1, 0.15) is 10.3 Å². The largest absolute Gasteiger partial charge is 0.457 e. The van der Waals surface area contributed by atoms with Crippen LogP contribution in [0.25, 0.3) is 0 Å². The molecule has 2 rings (SSSR count). The van der Waals surface area contributed by atoms with Gasteiger partial charge >= 0.3 is 5.97 Å². The molecule has 0 spiro atoms. The number of hydrogen-bond acceptors (Lipinski definition) is 5. The van der Waals surface area contributed by atoms with Crippen LogP contribution in [0.2, 0.25) is 0 Å². The van der Waals surface area contributed by atoms with E-state index in [1.165, 1.54) is 11.3 Å². The monoisotopic (exact) mass is 274 g/mol. The zero-order valence-electron chi connectivity index (χ0n) is 9.51. The number of rotatable bonds is 3. The Labute approximate surface area is 105 Å². The molecule has 0 unspecified atom stereocenters. The molecule has 2 heterocycles. The van der Waals surface area contributed by atoms with Crippen LogP contribution in [0, 0.1) is 0 Å². The molecule has 0 amide bonds. The van der Waals surface area contributed by atoms with E-state index < -0.39 is 9.84 Å². The molecule has 6 heteroatoms. The van der Waals surface area contributed by atoms with Crippen molar-refractivity contribution in [1.29, 1.82) is 0 Å². The van der Waals surface area contributed by atoms with Gasteiger partial charge in [0, 0.05) is 18.4 Å². The van der Waals surface area contributed by atoms with Crippen molar-refractivity contribution < 1.29 is 17.9 Å². The number of carbonyl (C=O) groups excluding carboxylic acids is 1. The maximum Gasteiger partial charge on any atom is 0.306 e. The molecule has 0 saturated carbocycles. The zero-order chi connectivity index (χ0) is 12.5. The topological polar surface area (TPSA) is 60.4 Å². The lowest BCUT2D eigenvalue weighted by Crippen LogP contribution is -2.21. The smallest absolute Gasteiger partial charge is 0.306 e. The van der Waals surface area contributed by atoms with Crippen LogP contribution >= 0.6 is 11.3 Å². The molecular formula is C11H14O4S2. The molecule has 4 nitrogen and oxygen atoms in total. The highest BCUT2D eigenvalue weighted by molar-refractivity contribution is 7.93. The standard InChI is InChI=1S/C11H14O4S2/c1-2-3-10(12)15-9-5-7-17(13,14)11-8(9)4-6-16-11/h4,6,9H,2-3,5,7H2,1H3/t9-/m1/s1. The number of hydrogen-bond donors (Lipinski definition) is 0. The Kier molecular flexibility index (Phi) is 3.53. The molecule has 1 aliphatic heterocycles. The highest BCUT2D eigenvalue weighted by atomic mass is 32.2. The molecule has 0 fully saturated rings. The van der Waals surface area contributed by atoms with E-state index in [9.17, 15) is 13.2 Å². The maximum atomic E-state index is 11.8. The van der Waals surface area contributed by atoms with E-state index in [-0.39, 0.29) is 17.8 Å². The molecule has 1 aliphatic rings. The lowest BCUT2D eigenvalue weighted by molar-refractivity contribution is -0.149. The van der Waals surface area contributed by atoms with Gasteiger partial charge in [0.05, 0.1) is 5.75 Å². The van der Waals surface area contributed by atoms with E-state index in [4.69, 9.17) is 4.74 Å². The molecule has 17 heavy (non-hydrogen) atoms. The highest BCUT2D eigenvalue weighted by Gasteiger charge is 2.33. The second kappa shape index (κ2) is 4.78. The average molecular weight is 274 g/mol. The van der Waals surface area contributed by atoms with Crippen molar-refractivity contribution >= 4 is 27.1 Å². The van der Waals surface area contributed by atoms with E-state index in [1.54, 1.807) is 11.4 Å². The molecule has 1 aromatic rings. The Balaban J connectivity index is 2.21. The predicted molar refractivity (Wildman–Crippen MR) is 64.7 cm³/mol. The SMILES string of the molecule is CCCC(=O)O[C@@H]1CCS(=O)(=O)c2sccc21. The second-order valence-electron chi connectivity index (χ2n) is 4.00. The van der Waals surface area contributed by atoms with Gasteiger partial charge in [0.15, 0.2) is 9.84 Å². The summed E-state index contributed by atoms with van der Waals surface area (Å²) >= 11 is 1.20. The molecule has 0 saturated heterocycles. The Bertz CT molecular complexity index is 515. The summed E-state index contributed by atoms with van der Waals surface area (Å²) in [5, 5.41) is 1.73. The van der Waals surface area contributed by atoms with Crippen LogP contribution in [0.5, 0.6) is 0 Å². The van der Waals surface area contributed by atoms with Gasteiger partial charge in [-0.2, -0.15) is 0 Å². The normalized spacial score (nSPS) is 21.8. The van der Waals surface area contributed by atoms with E-state index in [1.807, 2.05) is 6.92 Å². The molecule has 1 aromatic heterocycles. The van der Waals surface area contributed by atoms with Gasteiger partial charge in [0.25, 0.3) is 0 Å². The minimum atomic E-state index is -3.15. The van der Waals surface area contributed by atoms with Gasteiger partial charge in [-0.25, -0.2) is 8.42 Å². The summed E-state index contributed by atoms with van der Waals surface area (Å²) in [4.78, 5) is 11.4. The molecule has 0 aromatic carbocycles. The first kappa shape index (κ1) is 12.6. The van der Waals surface area contributed by atoms with Gasteiger partial charge in [0.2, 0.25) is 0 Å². The maximum absolute atomic E-state index is 11.8. The van der Waals surface area contributed by atoms with Crippen molar-refractivity contribution in [3.63, 3.8) is 0 Å². The van der Waals surface area contributed by atoms with Crippen molar-refractivity contribution in [2.24, 2.45) is 0 Å². The van der Waals surface area contributed by atoms with Crippen molar-refractivity contribution in [2.75, 3.05) is 5.75 Å². The Morgan fingerprint density at radius 2 is 2.35 bits per heavy atom. The van der Waals surface area contributed by atoms with Crippen LogP contribution in [-0.4, -0.2) is 20.1 Å². The van der Waals surface area contributed by atoms with Crippen molar-refractivity contribution in [3.8, 4) is 0 Å². The van der Waals surface area contributed by atoms with E-state index >= 15 is 0 Å². The minimum Gasteiger partial charge on any atom is -0.457 e. The predicted octanol–water partition coefficient (Wildman–Crippen LogP) is 2.31. The van der Waals surface area contributed by atoms with Gasteiger partial charge in [-0.3, -0.25) is 4.79 Å². The van der Waals surface area contributed by atoms with E-state index in [0.29, 0.717) is 22.6 Å². The van der Waals surface area contributed by atoms with Gasteiger partial charge in [-0.1, -0.05) is 6.92 Å². The number of ether oxygens (including phenoxy) is 1. The number of sulfone groups is 1. The summed E-state index contributed by atoms with van der Waals surface area (Å²) in [5.41, 5.74) is 0.644. The molecule has 0 aliphatic carbocycles. The van der Waals surface area contributed by atoms with Crippen LogP contribution in [0.4, 0.5) is 0 Å². The van der Waals surface area contributed by atoms with Crippen LogP contribution in [0.1, 0.15) is 37.9 Å². The third kappa shape index (κ3) is 2.52. The molecule has 0 bridgehead atoms. The number of esters is 1. The molecule has 0 radical (unpaired) electrons. The summed E-state index contributed by atoms with van der Waals surface area (Å²) in [7, 11) is -3.15. The lowest BCUT2D eigenvalue weighted by Gasteiger charge is -2.22. The minimum absolute atomic E-state index is 0.0601. The van der Waals surface area contributed by atoms with Gasteiger partial charge in [-0.15, -0.1) is 11.3 Å². The third-order valence-corrected chi connectivity index (χ3v) is 6.01. The summed E-state index contributed by atoms with van der Waals surface area (Å²) in [5.74, 6) is -0.195. The number of thiophene rings is 1. The zero-order valence-corrected chi connectivity index (χ0v) is 11.1. The summed E-state index contributed by atoms with van der Waals surface area (Å²) < 4.78 is 29.2. The average Bonchev–Trinajstić information content (AvgIpc) is 2.73. The first-order chi connectivity index (χ1) is 8.04. The molecule has 0 N–H and O–H groups in total. The lowest BCUT2D eigenvalue weighted by atomic mass is 10.1. The van der Waals surface area contributed by atoms with Crippen LogP contribution in [0.15, 0.2) is 15.7 Å². The third-order valence-electron chi connectivity index (χ3n) is 2.66. The fourth-order valence-electron chi connectivity index (χ4n) is 1.85. The number of fused-ring (bicyclic) bond motifs is 1. The first-order valence-corrected chi connectivity index (χ1v) is 8.07. The molecule has 94 valence electrons. The van der Waals surface area contributed by atoms with Crippen LogP contribution < -0.4 is 0 Å². The Hall–Kier alpha value is -0.880. The van der Waals surface area contributed by atoms with Gasteiger partial charge in [-0.05, 0) is 17.9 Å². The summed E-state index contributed by atoms with van der Waals surface area (Å²) in [6.45, 7) is 1.91. The second-order valence-corrected chi connectivity index (χ2v) is 7.22. The Morgan fingerprint density at radius 3 is 3.06 bits per heavy atom. The Morgan fingerprint density at radius 1 is 1.59 bits per heavy atom. The molecular weight excluding hydrogens is 260 g/mol. The fourth-order valence-corrected chi connectivity index (χ4v) is 4.80.